The van der Waals surface area contributed by atoms with Crippen LogP contribution in [0.4, 0.5) is 5.69 Å². The summed E-state index contributed by atoms with van der Waals surface area (Å²) in [7, 11) is 0. The molecule has 1 aromatic heterocycles. The van der Waals surface area contributed by atoms with Gasteiger partial charge in [-0.05, 0) is 18.2 Å². The van der Waals surface area contributed by atoms with Crippen LogP contribution in [0.3, 0.4) is 0 Å². The number of nitrogens with two attached hydrogens (primary N) is 1. The molecule has 3 N–H and O–H groups in total. The normalized spacial score (nSPS) is 9.63. The maximum Gasteiger partial charge on any atom is 0.271 e. The summed E-state index contributed by atoms with van der Waals surface area (Å²) in [5.74, 6) is 1.78. The quantitative estimate of drug-likeness (QED) is 0.615. The molecule has 6 heteroatoms. The Balaban J connectivity index is 2.50. The SMILES string of the molecule is C#Cc1cccc(-n2cc(NC=O)c(C(N)=O)n2)c1. The van der Waals surface area contributed by atoms with E-state index in [-0.39, 0.29) is 11.4 Å². The van der Waals surface area contributed by atoms with Crippen molar-refractivity contribution in [2.24, 2.45) is 5.73 Å². The molecule has 1 heterocycles. The maximum absolute atomic E-state index is 11.2. The highest BCUT2D eigenvalue weighted by Crippen LogP contribution is 2.17. The molecule has 2 aromatic rings. The lowest BCUT2D eigenvalue weighted by atomic mass is 10.2. The van der Waals surface area contributed by atoms with Crippen LogP contribution >= 0.6 is 0 Å². The minimum atomic E-state index is -0.726. The lowest BCUT2D eigenvalue weighted by Crippen LogP contribution is -2.14. The van der Waals surface area contributed by atoms with Crippen LogP contribution in [0.1, 0.15) is 16.1 Å². The van der Waals surface area contributed by atoms with Crippen molar-refractivity contribution in [3.8, 4) is 18.0 Å². The first-order valence-electron chi connectivity index (χ1n) is 5.32. The van der Waals surface area contributed by atoms with Gasteiger partial charge in [-0.1, -0.05) is 12.0 Å². The number of carbonyl (C=O) groups excluding carboxylic acids is 2. The number of carbonyl (C=O) groups is 2. The van der Waals surface area contributed by atoms with E-state index in [4.69, 9.17) is 12.2 Å². The molecule has 0 aliphatic carbocycles. The van der Waals surface area contributed by atoms with Crippen LogP contribution < -0.4 is 11.1 Å². The van der Waals surface area contributed by atoms with Gasteiger partial charge in [-0.25, -0.2) is 4.68 Å². The van der Waals surface area contributed by atoms with Crippen LogP contribution in [0.5, 0.6) is 0 Å². The molecule has 94 valence electrons. The van der Waals surface area contributed by atoms with Gasteiger partial charge in [0.2, 0.25) is 6.41 Å². The zero-order chi connectivity index (χ0) is 13.8. The largest absolute Gasteiger partial charge is 0.364 e. The molecule has 0 atom stereocenters. The van der Waals surface area contributed by atoms with Gasteiger partial charge in [-0.15, -0.1) is 6.42 Å². The summed E-state index contributed by atoms with van der Waals surface area (Å²) in [4.78, 5) is 21.7. The van der Waals surface area contributed by atoms with Gasteiger partial charge in [0.25, 0.3) is 5.91 Å². The van der Waals surface area contributed by atoms with Gasteiger partial charge in [0.15, 0.2) is 5.69 Å². The van der Waals surface area contributed by atoms with Crippen LogP contribution in [-0.4, -0.2) is 22.1 Å². The third-order valence-electron chi connectivity index (χ3n) is 2.44. The molecule has 6 nitrogen and oxygen atoms in total. The van der Waals surface area contributed by atoms with E-state index in [0.717, 1.165) is 0 Å². The van der Waals surface area contributed by atoms with E-state index in [1.807, 2.05) is 0 Å². The Hall–Kier alpha value is -3.07. The Morgan fingerprint density at radius 2 is 2.32 bits per heavy atom. The molecule has 19 heavy (non-hydrogen) atoms. The Kier molecular flexibility index (Phi) is 3.30. The number of hydrogen-bond donors (Lipinski definition) is 2. The molecule has 0 unspecified atom stereocenters. The van der Waals surface area contributed by atoms with Crippen LogP contribution in [-0.2, 0) is 4.79 Å². The molecule has 0 aliphatic heterocycles. The maximum atomic E-state index is 11.2. The van der Waals surface area contributed by atoms with Crippen LogP contribution in [0.2, 0.25) is 0 Å². The van der Waals surface area contributed by atoms with Crippen molar-refractivity contribution in [3.63, 3.8) is 0 Å². The molecule has 0 saturated carbocycles. The fourth-order valence-electron chi connectivity index (χ4n) is 1.60. The lowest BCUT2D eigenvalue weighted by molar-refractivity contribution is -0.105. The summed E-state index contributed by atoms with van der Waals surface area (Å²) >= 11 is 0. The van der Waals surface area contributed by atoms with E-state index in [0.29, 0.717) is 17.7 Å². The number of primary amides is 1. The number of terminal acetylenes is 1. The predicted molar refractivity (Wildman–Crippen MR) is 69.7 cm³/mol. The molecule has 0 bridgehead atoms. The standard InChI is InChI=1S/C13H10N4O2/c1-2-9-4-3-5-10(6-9)17-7-11(15-8-18)12(16-17)13(14)19/h1,3-8H,(H2,14,19)(H,15,18). The molecular weight excluding hydrogens is 244 g/mol. The van der Waals surface area contributed by atoms with Gasteiger partial charge in [-0.3, -0.25) is 9.59 Å². The Labute approximate surface area is 109 Å². The first kappa shape index (κ1) is 12.4. The molecule has 0 aliphatic rings. The molecule has 2 amide bonds. The highest BCUT2D eigenvalue weighted by atomic mass is 16.1. The highest BCUT2D eigenvalue weighted by molar-refractivity contribution is 5.98. The van der Waals surface area contributed by atoms with Gasteiger partial charge in [0.05, 0.1) is 17.6 Å². The summed E-state index contributed by atoms with van der Waals surface area (Å²) in [5.41, 5.74) is 6.76. The number of anilines is 1. The first-order chi connectivity index (χ1) is 9.15. The summed E-state index contributed by atoms with van der Waals surface area (Å²) in [6, 6.07) is 7.03. The minimum Gasteiger partial charge on any atom is -0.364 e. The Morgan fingerprint density at radius 3 is 2.95 bits per heavy atom. The summed E-state index contributed by atoms with van der Waals surface area (Å²) in [5, 5.41) is 6.40. The van der Waals surface area contributed by atoms with E-state index in [9.17, 15) is 9.59 Å². The fraction of sp³-hybridized carbons (Fsp3) is 0. The van der Waals surface area contributed by atoms with Gasteiger partial charge in [0.1, 0.15) is 0 Å². The zero-order valence-corrected chi connectivity index (χ0v) is 9.83. The van der Waals surface area contributed by atoms with Crippen LogP contribution in [0, 0.1) is 12.3 Å². The van der Waals surface area contributed by atoms with Crippen molar-refractivity contribution >= 4 is 18.0 Å². The molecule has 0 radical (unpaired) electrons. The molecule has 2 rings (SSSR count). The summed E-state index contributed by atoms with van der Waals surface area (Å²) in [6.45, 7) is 0. The van der Waals surface area contributed by atoms with Crippen LogP contribution in [0.15, 0.2) is 30.5 Å². The van der Waals surface area contributed by atoms with Crippen molar-refractivity contribution in [1.82, 2.24) is 9.78 Å². The van der Waals surface area contributed by atoms with Gasteiger partial charge >= 0.3 is 0 Å². The van der Waals surface area contributed by atoms with E-state index in [1.165, 1.54) is 10.9 Å². The highest BCUT2D eigenvalue weighted by Gasteiger charge is 2.14. The van der Waals surface area contributed by atoms with Crippen molar-refractivity contribution < 1.29 is 9.59 Å². The number of nitrogens with one attached hydrogen (secondary N) is 1. The topological polar surface area (TPSA) is 90.0 Å². The number of nitrogens with zero attached hydrogens (tertiary/aromatic N) is 2. The van der Waals surface area contributed by atoms with E-state index >= 15 is 0 Å². The van der Waals surface area contributed by atoms with Gasteiger partial charge in [0, 0.05) is 5.56 Å². The minimum absolute atomic E-state index is 0.0155. The lowest BCUT2D eigenvalue weighted by Gasteiger charge is -2.01. The summed E-state index contributed by atoms with van der Waals surface area (Å²) < 4.78 is 1.42. The third-order valence-corrected chi connectivity index (χ3v) is 2.44. The van der Waals surface area contributed by atoms with E-state index < -0.39 is 5.91 Å². The monoisotopic (exact) mass is 254 g/mol. The van der Waals surface area contributed by atoms with Gasteiger partial charge in [-0.2, -0.15) is 5.10 Å². The van der Waals surface area contributed by atoms with Crippen molar-refractivity contribution in [2.45, 2.75) is 0 Å². The number of amides is 2. The molecule has 0 saturated heterocycles. The third kappa shape index (κ3) is 2.45. The number of aromatic nitrogens is 2. The second-order valence-electron chi connectivity index (χ2n) is 3.66. The second-order valence-corrected chi connectivity index (χ2v) is 3.66. The van der Waals surface area contributed by atoms with E-state index in [2.05, 4.69) is 16.3 Å². The van der Waals surface area contributed by atoms with Crippen LogP contribution in [0.25, 0.3) is 5.69 Å². The molecular formula is C13H10N4O2. The molecule has 0 fully saturated rings. The number of rotatable bonds is 4. The van der Waals surface area contributed by atoms with E-state index in [1.54, 1.807) is 24.3 Å². The number of hydrogen-bond acceptors (Lipinski definition) is 3. The Morgan fingerprint density at radius 1 is 1.53 bits per heavy atom. The number of benzene rings is 1. The Bertz CT molecular complexity index is 682. The predicted octanol–water partition coefficient (Wildman–Crippen LogP) is 0.521. The summed E-state index contributed by atoms with van der Waals surface area (Å²) in [6.07, 6.45) is 7.26. The molecule has 1 aromatic carbocycles. The molecule has 0 spiro atoms. The fourth-order valence-corrected chi connectivity index (χ4v) is 1.60. The van der Waals surface area contributed by atoms with Crippen molar-refractivity contribution in [2.75, 3.05) is 5.32 Å². The first-order valence-corrected chi connectivity index (χ1v) is 5.32. The average Bonchev–Trinajstić information content (AvgIpc) is 2.83. The van der Waals surface area contributed by atoms with Gasteiger partial charge < -0.3 is 11.1 Å². The second kappa shape index (κ2) is 5.06. The smallest absolute Gasteiger partial charge is 0.271 e. The van der Waals surface area contributed by atoms with Crippen molar-refractivity contribution in [3.05, 3.63) is 41.7 Å². The van der Waals surface area contributed by atoms with Crippen molar-refractivity contribution in [1.29, 1.82) is 0 Å². The zero-order valence-electron chi connectivity index (χ0n) is 9.83. The average molecular weight is 254 g/mol.